The first-order valence-corrected chi connectivity index (χ1v) is 5.04. The number of methoxy groups -OCH3 is 1. The molecule has 0 aliphatic rings. The predicted molar refractivity (Wildman–Crippen MR) is 54.9 cm³/mol. The molecule has 3 heteroatoms. The second kappa shape index (κ2) is 7.30. The number of ether oxygens (including phenoxy) is 1. The van der Waals surface area contributed by atoms with Gasteiger partial charge in [-0.2, -0.15) is 0 Å². The van der Waals surface area contributed by atoms with E-state index in [1.54, 1.807) is 14.0 Å². The average molecular weight is 189 g/mol. The molecule has 0 saturated heterocycles. The van der Waals surface area contributed by atoms with Crippen LogP contribution in [-0.4, -0.2) is 37.0 Å². The number of hydrogen-bond acceptors (Lipinski definition) is 3. The minimum Gasteiger partial charge on any atom is -0.392 e. The smallest absolute Gasteiger partial charge is 0.0662 e. The third kappa shape index (κ3) is 6.02. The van der Waals surface area contributed by atoms with Gasteiger partial charge in [-0.1, -0.05) is 13.3 Å². The maximum absolute atomic E-state index is 9.30. The summed E-state index contributed by atoms with van der Waals surface area (Å²) in [5.41, 5.74) is 0. The van der Waals surface area contributed by atoms with Crippen molar-refractivity contribution >= 4 is 0 Å². The van der Waals surface area contributed by atoms with E-state index in [0.29, 0.717) is 12.6 Å². The van der Waals surface area contributed by atoms with Crippen molar-refractivity contribution in [3.8, 4) is 0 Å². The Labute approximate surface area is 81.5 Å². The molecule has 0 fully saturated rings. The molecule has 0 aromatic carbocycles. The summed E-state index contributed by atoms with van der Waals surface area (Å²) in [5, 5.41) is 12.6. The molecule has 0 aromatic rings. The Balaban J connectivity index is 3.78. The summed E-state index contributed by atoms with van der Waals surface area (Å²) in [6.45, 7) is 6.65. The third-order valence-corrected chi connectivity index (χ3v) is 2.23. The highest BCUT2D eigenvalue weighted by Gasteiger charge is 2.14. The van der Waals surface area contributed by atoms with Gasteiger partial charge >= 0.3 is 0 Å². The highest BCUT2D eigenvalue weighted by molar-refractivity contribution is 4.73. The normalized spacial score (nSPS) is 18.2. The molecule has 0 aliphatic heterocycles. The summed E-state index contributed by atoms with van der Waals surface area (Å²) in [6.07, 6.45) is 1.91. The summed E-state index contributed by atoms with van der Waals surface area (Å²) in [7, 11) is 1.71. The Morgan fingerprint density at radius 1 is 1.38 bits per heavy atom. The van der Waals surface area contributed by atoms with E-state index in [4.69, 9.17) is 4.74 Å². The zero-order valence-electron chi connectivity index (χ0n) is 9.21. The summed E-state index contributed by atoms with van der Waals surface area (Å²) >= 11 is 0. The van der Waals surface area contributed by atoms with Gasteiger partial charge in [-0.05, 0) is 20.3 Å². The van der Waals surface area contributed by atoms with E-state index in [0.717, 1.165) is 12.8 Å². The average Bonchev–Trinajstić information content (AvgIpc) is 2.05. The van der Waals surface area contributed by atoms with Crippen LogP contribution >= 0.6 is 0 Å². The Hall–Kier alpha value is -0.120. The Bertz CT molecular complexity index is 111. The zero-order valence-corrected chi connectivity index (χ0v) is 9.21. The number of rotatable bonds is 7. The van der Waals surface area contributed by atoms with E-state index in [-0.39, 0.29) is 12.1 Å². The summed E-state index contributed by atoms with van der Waals surface area (Å²) in [4.78, 5) is 0. The number of hydrogen-bond donors (Lipinski definition) is 2. The molecule has 3 unspecified atom stereocenters. The van der Waals surface area contributed by atoms with E-state index in [9.17, 15) is 5.11 Å². The van der Waals surface area contributed by atoms with Crippen LogP contribution in [-0.2, 0) is 4.74 Å². The molecule has 0 saturated carbocycles. The monoisotopic (exact) mass is 189 g/mol. The first-order chi connectivity index (χ1) is 6.11. The molecule has 0 heterocycles. The topological polar surface area (TPSA) is 41.5 Å². The molecular weight excluding hydrogens is 166 g/mol. The molecule has 13 heavy (non-hydrogen) atoms. The maximum Gasteiger partial charge on any atom is 0.0662 e. The lowest BCUT2D eigenvalue weighted by Gasteiger charge is -2.24. The number of aliphatic hydroxyl groups is 1. The van der Waals surface area contributed by atoms with Crippen molar-refractivity contribution in [3.63, 3.8) is 0 Å². The van der Waals surface area contributed by atoms with Crippen molar-refractivity contribution in [2.45, 2.75) is 51.8 Å². The van der Waals surface area contributed by atoms with Crippen LogP contribution in [0.4, 0.5) is 0 Å². The van der Waals surface area contributed by atoms with Crippen molar-refractivity contribution in [2.24, 2.45) is 0 Å². The summed E-state index contributed by atoms with van der Waals surface area (Å²) in [6, 6.07) is 0.492. The molecule has 0 radical (unpaired) electrons. The molecule has 0 amide bonds. The number of nitrogens with one attached hydrogen (secondary N) is 1. The quantitative estimate of drug-likeness (QED) is 0.631. The van der Waals surface area contributed by atoms with Crippen molar-refractivity contribution in [3.05, 3.63) is 0 Å². The van der Waals surface area contributed by atoms with Crippen LogP contribution in [0.1, 0.15) is 33.6 Å². The Morgan fingerprint density at radius 3 is 2.38 bits per heavy atom. The van der Waals surface area contributed by atoms with Crippen LogP contribution in [0.15, 0.2) is 0 Å². The summed E-state index contributed by atoms with van der Waals surface area (Å²) in [5.74, 6) is 0. The van der Waals surface area contributed by atoms with Gasteiger partial charge in [-0.15, -0.1) is 0 Å². The standard InChI is InChI=1S/C10H23NO2/c1-5-6-10(7-13-4)11-8(2)9(3)12/h8-12H,5-7H2,1-4H3. The minimum atomic E-state index is -0.309. The van der Waals surface area contributed by atoms with Crippen LogP contribution in [0.2, 0.25) is 0 Å². The molecule has 0 aromatic heterocycles. The zero-order chi connectivity index (χ0) is 10.3. The van der Waals surface area contributed by atoms with E-state index in [1.807, 2.05) is 6.92 Å². The predicted octanol–water partition coefficient (Wildman–Crippen LogP) is 1.16. The fourth-order valence-electron chi connectivity index (χ4n) is 1.28. The lowest BCUT2D eigenvalue weighted by atomic mass is 10.1. The molecule has 3 atom stereocenters. The van der Waals surface area contributed by atoms with E-state index in [1.165, 1.54) is 0 Å². The summed E-state index contributed by atoms with van der Waals surface area (Å²) < 4.78 is 5.09. The van der Waals surface area contributed by atoms with E-state index >= 15 is 0 Å². The Morgan fingerprint density at radius 2 is 2.00 bits per heavy atom. The molecule has 80 valence electrons. The molecule has 3 nitrogen and oxygen atoms in total. The highest BCUT2D eigenvalue weighted by atomic mass is 16.5. The second-order valence-corrected chi connectivity index (χ2v) is 3.64. The van der Waals surface area contributed by atoms with Gasteiger partial charge < -0.3 is 15.2 Å². The number of aliphatic hydroxyl groups excluding tert-OH is 1. The van der Waals surface area contributed by atoms with Crippen molar-refractivity contribution < 1.29 is 9.84 Å². The maximum atomic E-state index is 9.30. The first-order valence-electron chi connectivity index (χ1n) is 5.04. The van der Waals surface area contributed by atoms with Gasteiger partial charge in [0.2, 0.25) is 0 Å². The van der Waals surface area contributed by atoms with E-state index < -0.39 is 0 Å². The van der Waals surface area contributed by atoms with Crippen molar-refractivity contribution in [1.82, 2.24) is 5.32 Å². The van der Waals surface area contributed by atoms with Crippen molar-refractivity contribution in [1.29, 1.82) is 0 Å². The minimum absolute atomic E-state index is 0.131. The van der Waals surface area contributed by atoms with Gasteiger partial charge in [-0.3, -0.25) is 0 Å². The second-order valence-electron chi connectivity index (χ2n) is 3.64. The largest absolute Gasteiger partial charge is 0.392 e. The van der Waals surface area contributed by atoms with Crippen LogP contribution in [0, 0.1) is 0 Å². The first kappa shape index (κ1) is 12.9. The fourth-order valence-corrected chi connectivity index (χ4v) is 1.28. The van der Waals surface area contributed by atoms with Gasteiger partial charge in [0.15, 0.2) is 0 Å². The highest BCUT2D eigenvalue weighted by Crippen LogP contribution is 2.01. The van der Waals surface area contributed by atoms with Crippen LogP contribution < -0.4 is 5.32 Å². The van der Waals surface area contributed by atoms with Gasteiger partial charge in [-0.25, -0.2) is 0 Å². The third-order valence-electron chi connectivity index (χ3n) is 2.23. The molecule has 0 aliphatic carbocycles. The van der Waals surface area contributed by atoms with Crippen LogP contribution in [0.3, 0.4) is 0 Å². The molecule has 0 bridgehead atoms. The molecular formula is C10H23NO2. The molecule has 2 N–H and O–H groups in total. The fraction of sp³-hybridized carbons (Fsp3) is 1.00. The van der Waals surface area contributed by atoms with Gasteiger partial charge in [0.1, 0.15) is 0 Å². The van der Waals surface area contributed by atoms with Gasteiger partial charge in [0, 0.05) is 19.2 Å². The van der Waals surface area contributed by atoms with Gasteiger partial charge in [0.05, 0.1) is 12.7 Å². The van der Waals surface area contributed by atoms with Crippen LogP contribution in [0.5, 0.6) is 0 Å². The van der Waals surface area contributed by atoms with E-state index in [2.05, 4.69) is 12.2 Å². The SMILES string of the molecule is CCCC(COC)NC(C)C(C)O. The molecule has 0 spiro atoms. The van der Waals surface area contributed by atoms with Crippen molar-refractivity contribution in [2.75, 3.05) is 13.7 Å². The lowest BCUT2D eigenvalue weighted by Crippen LogP contribution is -2.44. The Kier molecular flexibility index (Phi) is 7.23. The molecule has 0 rings (SSSR count). The van der Waals surface area contributed by atoms with Gasteiger partial charge in [0.25, 0.3) is 0 Å². The van der Waals surface area contributed by atoms with Crippen LogP contribution in [0.25, 0.3) is 0 Å². The lowest BCUT2D eigenvalue weighted by molar-refractivity contribution is 0.116.